The summed E-state index contributed by atoms with van der Waals surface area (Å²) >= 11 is 0. The van der Waals surface area contributed by atoms with Crippen LogP contribution >= 0.6 is 0 Å². The Morgan fingerprint density at radius 1 is 1.29 bits per heavy atom. The number of esters is 1. The fraction of sp³-hybridized carbons (Fsp3) is 0.533. The third-order valence-electron chi connectivity index (χ3n) is 3.40. The van der Waals surface area contributed by atoms with Gasteiger partial charge in [-0.1, -0.05) is 44.2 Å². The quantitative estimate of drug-likeness (QED) is 0.728. The van der Waals surface area contributed by atoms with E-state index < -0.39 is 0 Å². The van der Waals surface area contributed by atoms with Crippen molar-refractivity contribution in [1.82, 2.24) is 0 Å². The molecule has 2 heteroatoms. The first kappa shape index (κ1) is 12.2. The normalized spacial score (nSPS) is 16.9. The van der Waals surface area contributed by atoms with Crippen LogP contribution < -0.4 is 0 Å². The molecule has 2 rings (SSSR count). The minimum absolute atomic E-state index is 0.0376. The maximum absolute atomic E-state index is 12.1. The third kappa shape index (κ3) is 2.68. The maximum Gasteiger partial charge on any atom is 0.316 e. The Labute approximate surface area is 103 Å². The topological polar surface area (TPSA) is 26.3 Å². The Balaban J connectivity index is 1.95. The lowest BCUT2D eigenvalue weighted by molar-refractivity contribution is -0.147. The van der Waals surface area contributed by atoms with E-state index in [0.29, 0.717) is 12.5 Å². The fourth-order valence-corrected chi connectivity index (χ4v) is 2.02. The van der Waals surface area contributed by atoms with Crippen molar-refractivity contribution in [3.8, 4) is 0 Å². The highest BCUT2D eigenvalue weighted by Crippen LogP contribution is 2.49. The van der Waals surface area contributed by atoms with E-state index in [1.807, 2.05) is 30.3 Å². The molecule has 0 saturated heterocycles. The van der Waals surface area contributed by atoms with Gasteiger partial charge in [-0.25, -0.2) is 0 Å². The van der Waals surface area contributed by atoms with Crippen molar-refractivity contribution >= 4 is 5.97 Å². The van der Waals surface area contributed by atoms with Crippen molar-refractivity contribution < 1.29 is 9.53 Å². The lowest BCUT2D eigenvalue weighted by Gasteiger charge is -2.15. The van der Waals surface area contributed by atoms with E-state index in [9.17, 15) is 4.79 Å². The number of ether oxygens (including phenoxy) is 1. The molecule has 0 N–H and O–H groups in total. The van der Waals surface area contributed by atoms with Gasteiger partial charge in [-0.05, 0) is 30.7 Å². The second-order valence-electron chi connectivity index (χ2n) is 5.27. The molecule has 0 heterocycles. The van der Waals surface area contributed by atoms with Crippen molar-refractivity contribution in [3.05, 3.63) is 35.9 Å². The molecule has 0 radical (unpaired) electrons. The lowest BCUT2D eigenvalue weighted by Crippen LogP contribution is -2.23. The van der Waals surface area contributed by atoms with E-state index in [4.69, 9.17) is 4.74 Å². The molecule has 1 aliphatic carbocycles. The van der Waals surface area contributed by atoms with Gasteiger partial charge in [0.25, 0.3) is 0 Å². The van der Waals surface area contributed by atoms with Crippen molar-refractivity contribution in [1.29, 1.82) is 0 Å². The van der Waals surface area contributed by atoms with Gasteiger partial charge in [0.05, 0.1) is 12.0 Å². The zero-order chi connectivity index (χ0) is 12.3. The number of rotatable bonds is 5. The van der Waals surface area contributed by atoms with E-state index in [-0.39, 0.29) is 11.4 Å². The Hall–Kier alpha value is -1.31. The van der Waals surface area contributed by atoms with Gasteiger partial charge in [0.15, 0.2) is 0 Å². The van der Waals surface area contributed by atoms with E-state index in [1.165, 1.54) is 0 Å². The van der Waals surface area contributed by atoms with Crippen LogP contribution in [0.15, 0.2) is 30.3 Å². The van der Waals surface area contributed by atoms with Crippen LogP contribution in [0.5, 0.6) is 0 Å². The van der Waals surface area contributed by atoms with Gasteiger partial charge in [0.2, 0.25) is 0 Å². The van der Waals surface area contributed by atoms with Crippen LogP contribution in [0, 0.1) is 5.92 Å². The van der Waals surface area contributed by atoms with E-state index in [1.54, 1.807) is 0 Å². The van der Waals surface area contributed by atoms with Crippen molar-refractivity contribution in [2.24, 2.45) is 5.92 Å². The highest BCUT2D eigenvalue weighted by molar-refractivity contribution is 5.86. The molecule has 1 fully saturated rings. The van der Waals surface area contributed by atoms with Gasteiger partial charge in [0, 0.05) is 0 Å². The second-order valence-corrected chi connectivity index (χ2v) is 5.27. The number of hydrogen-bond donors (Lipinski definition) is 0. The summed E-state index contributed by atoms with van der Waals surface area (Å²) in [4.78, 5) is 12.1. The molecule has 0 amide bonds. The summed E-state index contributed by atoms with van der Waals surface area (Å²) in [5.41, 5.74) is 0.785. The number of hydrogen-bond acceptors (Lipinski definition) is 2. The molecule has 1 saturated carbocycles. The summed E-state index contributed by atoms with van der Waals surface area (Å²) in [7, 11) is 0. The van der Waals surface area contributed by atoms with E-state index in [2.05, 4.69) is 13.8 Å². The van der Waals surface area contributed by atoms with Crippen LogP contribution in [0.25, 0.3) is 0 Å². The second kappa shape index (κ2) is 4.91. The summed E-state index contributed by atoms with van der Waals surface area (Å²) in [5, 5.41) is 0. The molecule has 0 unspecified atom stereocenters. The number of carbonyl (C=O) groups is 1. The molecule has 1 aromatic carbocycles. The molecule has 1 aliphatic rings. The van der Waals surface area contributed by atoms with E-state index >= 15 is 0 Å². The fourth-order valence-electron chi connectivity index (χ4n) is 2.02. The summed E-state index contributed by atoms with van der Waals surface area (Å²) in [5.74, 6) is 0.541. The minimum atomic E-state index is -0.321. The van der Waals surface area contributed by atoms with Crippen molar-refractivity contribution in [3.63, 3.8) is 0 Å². The van der Waals surface area contributed by atoms with Gasteiger partial charge in [-0.3, -0.25) is 4.79 Å². The minimum Gasteiger partial charge on any atom is -0.465 e. The Morgan fingerprint density at radius 3 is 2.47 bits per heavy atom. The van der Waals surface area contributed by atoms with Crippen LogP contribution in [-0.2, 0) is 14.9 Å². The molecule has 0 spiro atoms. The molecule has 17 heavy (non-hydrogen) atoms. The van der Waals surface area contributed by atoms with Gasteiger partial charge >= 0.3 is 5.97 Å². The monoisotopic (exact) mass is 232 g/mol. The van der Waals surface area contributed by atoms with Gasteiger partial charge in [0.1, 0.15) is 0 Å². The van der Waals surface area contributed by atoms with Gasteiger partial charge in [-0.15, -0.1) is 0 Å². The zero-order valence-corrected chi connectivity index (χ0v) is 10.6. The Bertz CT molecular complexity index is 377. The standard InChI is InChI=1S/C15H20O2/c1-12(2)8-11-17-14(16)15(9-10-15)13-6-4-3-5-7-13/h3-7,12H,8-11H2,1-2H3. The zero-order valence-electron chi connectivity index (χ0n) is 10.6. The number of benzene rings is 1. The van der Waals surface area contributed by atoms with Crippen LogP contribution in [0.2, 0.25) is 0 Å². The average molecular weight is 232 g/mol. The molecular formula is C15H20O2. The molecule has 0 aliphatic heterocycles. The summed E-state index contributed by atoms with van der Waals surface area (Å²) in [6.07, 6.45) is 2.80. The molecule has 0 atom stereocenters. The van der Waals surface area contributed by atoms with Crippen LogP contribution in [-0.4, -0.2) is 12.6 Å². The summed E-state index contributed by atoms with van der Waals surface area (Å²) in [6, 6.07) is 9.99. The smallest absolute Gasteiger partial charge is 0.316 e. The lowest BCUT2D eigenvalue weighted by atomic mass is 9.96. The molecule has 2 nitrogen and oxygen atoms in total. The van der Waals surface area contributed by atoms with Crippen LogP contribution in [0.4, 0.5) is 0 Å². The van der Waals surface area contributed by atoms with Crippen LogP contribution in [0.1, 0.15) is 38.7 Å². The van der Waals surface area contributed by atoms with E-state index in [0.717, 1.165) is 24.8 Å². The Kier molecular flexibility index (Phi) is 3.51. The van der Waals surface area contributed by atoms with Crippen molar-refractivity contribution in [2.45, 2.75) is 38.5 Å². The number of carbonyl (C=O) groups excluding carboxylic acids is 1. The van der Waals surface area contributed by atoms with Crippen LogP contribution in [0.3, 0.4) is 0 Å². The SMILES string of the molecule is CC(C)CCOC(=O)C1(c2ccccc2)CC1. The first-order valence-corrected chi connectivity index (χ1v) is 6.38. The maximum atomic E-state index is 12.1. The highest BCUT2D eigenvalue weighted by atomic mass is 16.5. The molecule has 0 bridgehead atoms. The van der Waals surface area contributed by atoms with Gasteiger partial charge in [-0.2, -0.15) is 0 Å². The van der Waals surface area contributed by atoms with Crippen molar-refractivity contribution in [2.75, 3.05) is 6.61 Å². The third-order valence-corrected chi connectivity index (χ3v) is 3.40. The summed E-state index contributed by atoms with van der Waals surface area (Å²) < 4.78 is 5.40. The molecule has 92 valence electrons. The predicted molar refractivity (Wildman–Crippen MR) is 67.8 cm³/mol. The largest absolute Gasteiger partial charge is 0.465 e. The molecule has 0 aromatic heterocycles. The Morgan fingerprint density at radius 2 is 1.94 bits per heavy atom. The van der Waals surface area contributed by atoms with Gasteiger partial charge < -0.3 is 4.74 Å². The molecule has 1 aromatic rings. The first-order valence-electron chi connectivity index (χ1n) is 6.38. The molecular weight excluding hydrogens is 212 g/mol. The first-order chi connectivity index (χ1) is 8.15. The summed E-state index contributed by atoms with van der Waals surface area (Å²) in [6.45, 7) is 4.82. The highest BCUT2D eigenvalue weighted by Gasteiger charge is 2.52. The predicted octanol–water partition coefficient (Wildman–Crippen LogP) is 3.31. The average Bonchev–Trinajstić information content (AvgIpc) is 3.11.